The van der Waals surface area contributed by atoms with Gasteiger partial charge in [0.2, 0.25) is 0 Å². The molecule has 6 nitrogen and oxygen atoms in total. The highest BCUT2D eigenvalue weighted by Crippen LogP contribution is 2.35. The van der Waals surface area contributed by atoms with Crippen LogP contribution < -0.4 is 0 Å². The van der Waals surface area contributed by atoms with E-state index in [-0.39, 0.29) is 6.61 Å². The van der Waals surface area contributed by atoms with Crippen LogP contribution in [-0.4, -0.2) is 30.4 Å². The van der Waals surface area contributed by atoms with E-state index in [0.29, 0.717) is 10.6 Å². The van der Waals surface area contributed by atoms with Gasteiger partial charge in [-0.05, 0) is 47.1 Å². The molecule has 1 unspecified atom stereocenters. The molecule has 0 N–H and O–H groups in total. The lowest BCUT2D eigenvalue weighted by atomic mass is 10.1. The molecule has 130 valence electrons. The van der Waals surface area contributed by atoms with E-state index in [1.807, 2.05) is 19.9 Å². The summed E-state index contributed by atoms with van der Waals surface area (Å²) < 4.78 is 10.2. The molecule has 1 aromatic rings. The van der Waals surface area contributed by atoms with Gasteiger partial charge >= 0.3 is 11.9 Å². The van der Waals surface area contributed by atoms with Gasteiger partial charge in [0.05, 0.1) is 18.2 Å². The summed E-state index contributed by atoms with van der Waals surface area (Å²) in [6, 6.07) is 1.85. The molecule has 0 amide bonds. The largest absolute Gasteiger partial charge is 0.462 e. The predicted octanol–water partition coefficient (Wildman–Crippen LogP) is 3.73. The molecule has 0 bridgehead atoms. The highest BCUT2D eigenvalue weighted by Gasteiger charge is 2.25. The molecule has 0 aliphatic carbocycles. The van der Waals surface area contributed by atoms with Gasteiger partial charge in [-0.25, -0.2) is 9.79 Å². The number of aryl methyl sites for hydroxylation is 1. The highest BCUT2D eigenvalue weighted by molar-refractivity contribution is 7.16. The first-order chi connectivity index (χ1) is 11.1. The lowest BCUT2D eigenvalue weighted by molar-refractivity contribution is -0.155. The molecule has 1 heterocycles. The molecule has 0 saturated heterocycles. The van der Waals surface area contributed by atoms with Crippen molar-refractivity contribution in [3.05, 3.63) is 16.0 Å². The molecular weight excluding hydrogens is 328 g/mol. The monoisotopic (exact) mass is 350 g/mol. The maximum Gasteiger partial charge on any atom is 0.341 e. The van der Waals surface area contributed by atoms with E-state index in [1.54, 1.807) is 27.7 Å². The maximum absolute atomic E-state index is 12.1. The van der Waals surface area contributed by atoms with E-state index in [9.17, 15) is 9.59 Å². The van der Waals surface area contributed by atoms with Crippen molar-refractivity contribution in [2.75, 3.05) is 6.61 Å². The van der Waals surface area contributed by atoms with E-state index in [2.05, 4.69) is 4.99 Å². The summed E-state index contributed by atoms with van der Waals surface area (Å²) in [6.07, 6.45) is 1.21. The van der Waals surface area contributed by atoms with Crippen molar-refractivity contribution in [1.29, 1.82) is 5.26 Å². The van der Waals surface area contributed by atoms with Gasteiger partial charge in [-0.3, -0.25) is 4.79 Å². The Morgan fingerprint density at radius 1 is 1.38 bits per heavy atom. The standard InChI is InChI=1S/C17H22N2O4S/c1-7-22-16(21)13-10(2)11(3)24-14(13)19-9-12(8-18)15(20)23-17(4,5)6/h9,12H,7H2,1-6H3. The van der Waals surface area contributed by atoms with Crippen molar-refractivity contribution in [3.8, 4) is 6.07 Å². The molecule has 1 rings (SSSR count). The van der Waals surface area contributed by atoms with Crippen molar-refractivity contribution in [2.45, 2.75) is 47.1 Å². The molecule has 0 radical (unpaired) electrons. The van der Waals surface area contributed by atoms with E-state index in [0.717, 1.165) is 10.4 Å². The van der Waals surface area contributed by atoms with Crippen molar-refractivity contribution >= 4 is 34.5 Å². The number of carbonyl (C=O) groups excluding carboxylic acids is 2. The first kappa shape index (κ1) is 19.8. The van der Waals surface area contributed by atoms with Gasteiger partial charge in [0, 0.05) is 11.1 Å². The summed E-state index contributed by atoms with van der Waals surface area (Å²) in [5.41, 5.74) is 0.472. The van der Waals surface area contributed by atoms with E-state index in [1.165, 1.54) is 17.6 Å². The van der Waals surface area contributed by atoms with Crippen LogP contribution in [0, 0.1) is 31.1 Å². The van der Waals surface area contributed by atoms with Crippen molar-refractivity contribution in [2.24, 2.45) is 10.9 Å². The van der Waals surface area contributed by atoms with Crippen molar-refractivity contribution in [1.82, 2.24) is 0 Å². The molecule has 0 aromatic carbocycles. The Labute approximate surface area is 146 Å². The van der Waals surface area contributed by atoms with Crippen LogP contribution in [-0.2, 0) is 14.3 Å². The number of aliphatic imine (C=N–C) groups is 1. The van der Waals surface area contributed by atoms with Gasteiger partial charge < -0.3 is 9.47 Å². The van der Waals surface area contributed by atoms with Crippen LogP contribution in [0.4, 0.5) is 5.00 Å². The molecule has 24 heavy (non-hydrogen) atoms. The second-order valence-corrected chi connectivity index (χ2v) is 7.31. The first-order valence-electron chi connectivity index (χ1n) is 7.54. The van der Waals surface area contributed by atoms with Crippen molar-refractivity contribution in [3.63, 3.8) is 0 Å². The SMILES string of the molecule is CCOC(=O)c1c(N=CC(C#N)C(=O)OC(C)(C)C)sc(C)c1C. The minimum absolute atomic E-state index is 0.259. The molecule has 0 saturated carbocycles. The average Bonchev–Trinajstić information content (AvgIpc) is 2.73. The number of esters is 2. The van der Waals surface area contributed by atoms with Crippen LogP contribution in [0.1, 0.15) is 48.5 Å². The zero-order valence-corrected chi connectivity index (χ0v) is 15.6. The quantitative estimate of drug-likeness (QED) is 0.596. The third kappa shape index (κ3) is 5.17. The number of rotatable bonds is 5. The third-order valence-electron chi connectivity index (χ3n) is 2.99. The van der Waals surface area contributed by atoms with E-state index < -0.39 is 23.5 Å². The first-order valence-corrected chi connectivity index (χ1v) is 8.36. The molecular formula is C17H22N2O4S. The molecule has 1 aromatic heterocycles. The van der Waals surface area contributed by atoms with Gasteiger partial charge in [0.15, 0.2) is 5.92 Å². The summed E-state index contributed by atoms with van der Waals surface area (Å²) in [5.74, 6) is -2.27. The Morgan fingerprint density at radius 3 is 2.50 bits per heavy atom. The van der Waals surface area contributed by atoms with Crippen LogP contribution in [0.2, 0.25) is 0 Å². The van der Waals surface area contributed by atoms with E-state index in [4.69, 9.17) is 14.7 Å². The number of hydrogen-bond donors (Lipinski definition) is 0. The fourth-order valence-electron chi connectivity index (χ4n) is 1.80. The molecule has 0 aliphatic heterocycles. The fourth-order valence-corrected chi connectivity index (χ4v) is 2.80. The normalized spacial score (nSPS) is 12.7. The lowest BCUT2D eigenvalue weighted by Crippen LogP contribution is -2.28. The summed E-state index contributed by atoms with van der Waals surface area (Å²) in [7, 11) is 0. The van der Waals surface area contributed by atoms with Crippen LogP contribution in [0.25, 0.3) is 0 Å². The summed E-state index contributed by atoms with van der Waals surface area (Å²) in [6.45, 7) is 10.8. The number of hydrogen-bond acceptors (Lipinski definition) is 7. The van der Waals surface area contributed by atoms with Gasteiger partial charge in [-0.15, -0.1) is 11.3 Å². The number of nitrogens with zero attached hydrogens (tertiary/aromatic N) is 2. The molecule has 0 spiro atoms. The Bertz CT molecular complexity index is 693. The van der Waals surface area contributed by atoms with Gasteiger partial charge in [0.1, 0.15) is 10.6 Å². The molecule has 0 fully saturated rings. The summed E-state index contributed by atoms with van der Waals surface area (Å²) in [5, 5.41) is 9.59. The zero-order valence-electron chi connectivity index (χ0n) is 14.8. The predicted molar refractivity (Wildman–Crippen MR) is 92.8 cm³/mol. The minimum Gasteiger partial charge on any atom is -0.462 e. The number of carbonyl (C=O) groups is 2. The van der Waals surface area contributed by atoms with Gasteiger partial charge in [-0.1, -0.05) is 0 Å². The van der Waals surface area contributed by atoms with Crippen LogP contribution >= 0.6 is 11.3 Å². The number of nitriles is 1. The van der Waals surface area contributed by atoms with E-state index >= 15 is 0 Å². The summed E-state index contributed by atoms with van der Waals surface area (Å²) >= 11 is 1.31. The Kier molecular flexibility index (Phi) is 6.67. The van der Waals surface area contributed by atoms with Crippen LogP contribution in [0.5, 0.6) is 0 Å². The fraction of sp³-hybridized carbons (Fsp3) is 0.529. The molecule has 0 aliphatic rings. The van der Waals surface area contributed by atoms with Gasteiger partial charge in [-0.2, -0.15) is 5.26 Å². The third-order valence-corrected chi connectivity index (χ3v) is 4.10. The number of ether oxygens (including phenoxy) is 2. The molecule has 1 atom stereocenters. The number of thiophene rings is 1. The smallest absolute Gasteiger partial charge is 0.341 e. The van der Waals surface area contributed by atoms with Gasteiger partial charge in [0.25, 0.3) is 0 Å². The zero-order chi connectivity index (χ0) is 18.5. The Morgan fingerprint density at radius 2 is 2.00 bits per heavy atom. The lowest BCUT2D eigenvalue weighted by Gasteiger charge is -2.20. The molecule has 7 heteroatoms. The average molecular weight is 350 g/mol. The topological polar surface area (TPSA) is 88.8 Å². The Hall–Kier alpha value is -2.20. The highest BCUT2D eigenvalue weighted by atomic mass is 32.1. The van der Waals surface area contributed by atoms with Crippen LogP contribution in [0.15, 0.2) is 4.99 Å². The van der Waals surface area contributed by atoms with Crippen molar-refractivity contribution < 1.29 is 19.1 Å². The maximum atomic E-state index is 12.1. The second kappa shape index (κ2) is 8.06. The summed E-state index contributed by atoms with van der Waals surface area (Å²) in [4.78, 5) is 29.2. The minimum atomic E-state index is -1.14. The Balaban J connectivity index is 3.09. The van der Waals surface area contributed by atoms with Crippen LogP contribution in [0.3, 0.4) is 0 Å². The second-order valence-electron chi connectivity index (χ2n) is 6.10.